The molecule has 1 saturated heterocycles. The quantitative estimate of drug-likeness (QED) is 0.0973. The number of thioether (sulfide) groups is 1. The van der Waals surface area contributed by atoms with Gasteiger partial charge in [-0.1, -0.05) is 17.1 Å². The Bertz CT molecular complexity index is 1450. The topological polar surface area (TPSA) is 157 Å². The van der Waals surface area contributed by atoms with Crippen LogP contribution in [0, 0.1) is 12.3 Å². The minimum absolute atomic E-state index is 0.199. The Morgan fingerprint density at radius 3 is 2.67 bits per heavy atom. The smallest absolute Gasteiger partial charge is 0.471 e. The summed E-state index contributed by atoms with van der Waals surface area (Å²) in [5.41, 5.74) is -0.653. The lowest BCUT2D eigenvalue weighted by atomic mass is 10.0. The molecule has 40 heavy (non-hydrogen) atoms. The van der Waals surface area contributed by atoms with E-state index in [1.54, 1.807) is 40.5 Å². The summed E-state index contributed by atoms with van der Waals surface area (Å²) in [4.78, 5) is 58.9. The van der Waals surface area contributed by atoms with E-state index in [-0.39, 0.29) is 30.3 Å². The summed E-state index contributed by atoms with van der Waals surface area (Å²) < 4.78 is 39.4. The average molecular weight is 595 g/mol. The molecule has 4 rings (SSSR count). The second kappa shape index (κ2) is 11.8. The second-order valence-corrected chi connectivity index (χ2v) is 10.0. The van der Waals surface area contributed by atoms with Gasteiger partial charge in [0.05, 0.1) is 11.7 Å². The number of aliphatic carboxylic acids is 1. The first kappa shape index (κ1) is 28.6. The number of halogens is 3. The number of carboxylic acid groups (broad SMARTS) is 1. The van der Waals surface area contributed by atoms with Crippen LogP contribution in [0.25, 0.3) is 0 Å². The van der Waals surface area contributed by atoms with E-state index in [2.05, 4.69) is 21.4 Å². The van der Waals surface area contributed by atoms with Crippen molar-refractivity contribution in [2.24, 2.45) is 5.16 Å². The van der Waals surface area contributed by atoms with E-state index in [0.717, 1.165) is 10.3 Å². The van der Waals surface area contributed by atoms with Crippen molar-refractivity contribution in [3.8, 4) is 12.3 Å². The number of alkyl halides is 3. The van der Waals surface area contributed by atoms with E-state index in [9.17, 15) is 37.5 Å². The van der Waals surface area contributed by atoms with Crippen molar-refractivity contribution in [3.63, 3.8) is 0 Å². The molecule has 0 bridgehead atoms. The number of oxime groups is 1. The Hall–Kier alpha value is -4.43. The Labute approximate surface area is 231 Å². The number of terminal acetylenes is 1. The fourth-order valence-electron chi connectivity index (χ4n) is 3.71. The summed E-state index contributed by atoms with van der Waals surface area (Å²) in [6.45, 7) is -0.166. The normalized spacial score (nSPS) is 18.8. The maximum atomic E-state index is 13.1. The number of amides is 3. The van der Waals surface area contributed by atoms with Gasteiger partial charge < -0.3 is 20.1 Å². The molecule has 2 aromatic rings. The predicted octanol–water partition coefficient (Wildman–Crippen LogP) is -0.611. The van der Waals surface area contributed by atoms with E-state index in [0.29, 0.717) is 16.9 Å². The van der Waals surface area contributed by atoms with Gasteiger partial charge in [-0.05, 0) is 0 Å². The van der Waals surface area contributed by atoms with Gasteiger partial charge in [-0.3, -0.25) is 24.6 Å². The lowest BCUT2D eigenvalue weighted by molar-refractivity contribution is -0.689. The van der Waals surface area contributed by atoms with Crippen molar-refractivity contribution in [2.75, 3.05) is 17.7 Å². The van der Waals surface area contributed by atoms with Gasteiger partial charge in [-0.25, -0.2) is 9.55 Å². The van der Waals surface area contributed by atoms with Crippen LogP contribution in [-0.2, 0) is 30.6 Å². The van der Waals surface area contributed by atoms with Crippen LogP contribution in [0.5, 0.6) is 0 Å². The molecule has 1 unspecified atom stereocenters. The molecule has 0 spiro atoms. The van der Waals surface area contributed by atoms with Crippen molar-refractivity contribution in [2.45, 2.75) is 24.1 Å². The van der Waals surface area contributed by atoms with Gasteiger partial charge in [0.25, 0.3) is 11.8 Å². The number of nitrogens with zero attached hydrogens (tertiary/aromatic N) is 4. The van der Waals surface area contributed by atoms with Gasteiger partial charge in [-0.15, -0.1) is 29.5 Å². The third-order valence-electron chi connectivity index (χ3n) is 5.42. The van der Waals surface area contributed by atoms with Crippen LogP contribution < -0.4 is 20.3 Å². The summed E-state index contributed by atoms with van der Waals surface area (Å²) in [7, 11) is 0. The summed E-state index contributed by atoms with van der Waals surface area (Å²) in [5, 5.41) is 19.4. The maximum absolute atomic E-state index is 13.1. The summed E-state index contributed by atoms with van der Waals surface area (Å²) in [6.07, 6.45) is 3.41. The molecule has 17 heteroatoms. The van der Waals surface area contributed by atoms with Crippen LogP contribution >= 0.6 is 23.1 Å². The fraction of sp³-hybridized carbons (Fsp3) is 0.261. The van der Waals surface area contributed by atoms with Gasteiger partial charge >= 0.3 is 12.1 Å². The molecule has 3 amide bonds. The average Bonchev–Trinajstić information content (AvgIpc) is 3.37. The molecule has 2 N–H and O–H groups in total. The molecule has 12 nitrogen and oxygen atoms in total. The number of β-lactam (4-membered cyclic amide) rings is 1. The van der Waals surface area contributed by atoms with Gasteiger partial charge in [0.15, 0.2) is 36.4 Å². The van der Waals surface area contributed by atoms with Crippen LogP contribution in [0.1, 0.15) is 5.69 Å². The first-order valence-corrected chi connectivity index (χ1v) is 13.0. The zero-order chi connectivity index (χ0) is 29.0. The summed E-state index contributed by atoms with van der Waals surface area (Å²) in [6, 6.07) is 4.15. The molecular formula is C23H17F3N6O6S2. The SMILES string of the molecule is C#CCON=C(C(=O)NC1C(=O)N2C(C(=O)[O-])=C(C[n+]3ccccc3)CS[C@H]12)c1csc(NC(=O)C(F)(F)F)n1. The highest BCUT2D eigenvalue weighted by atomic mass is 32.2. The second-order valence-electron chi connectivity index (χ2n) is 8.06. The van der Waals surface area contributed by atoms with E-state index in [4.69, 9.17) is 11.3 Å². The molecule has 2 aromatic heterocycles. The van der Waals surface area contributed by atoms with Crippen molar-refractivity contribution >= 4 is 57.6 Å². The number of hydrogen-bond donors (Lipinski definition) is 2. The Kier molecular flexibility index (Phi) is 8.40. The van der Waals surface area contributed by atoms with Crippen LogP contribution in [-0.4, -0.2) is 69.2 Å². The van der Waals surface area contributed by atoms with E-state index >= 15 is 0 Å². The fourth-order valence-corrected chi connectivity index (χ4v) is 5.74. The number of rotatable bonds is 9. The molecule has 0 radical (unpaired) electrons. The lowest BCUT2D eigenvalue weighted by Gasteiger charge is -2.50. The Morgan fingerprint density at radius 1 is 1.30 bits per heavy atom. The molecule has 0 aliphatic carbocycles. The maximum Gasteiger partial charge on any atom is 0.471 e. The number of carboxylic acids is 1. The highest BCUT2D eigenvalue weighted by Gasteiger charge is 2.53. The monoisotopic (exact) mass is 594 g/mol. The molecule has 208 valence electrons. The van der Waals surface area contributed by atoms with Crippen molar-refractivity contribution in [1.29, 1.82) is 0 Å². The number of hydrogen-bond acceptors (Lipinski definition) is 10. The molecule has 0 saturated carbocycles. The van der Waals surface area contributed by atoms with Crippen LogP contribution in [0.15, 0.2) is 52.4 Å². The minimum Gasteiger partial charge on any atom is -0.543 e. The number of anilines is 1. The van der Waals surface area contributed by atoms with Gasteiger partial charge in [0.1, 0.15) is 17.1 Å². The lowest BCUT2D eigenvalue weighted by Crippen LogP contribution is -2.71. The van der Waals surface area contributed by atoms with Crippen LogP contribution in [0.4, 0.5) is 18.3 Å². The zero-order valence-electron chi connectivity index (χ0n) is 20.0. The largest absolute Gasteiger partial charge is 0.543 e. The van der Waals surface area contributed by atoms with Crippen LogP contribution in [0.3, 0.4) is 0 Å². The summed E-state index contributed by atoms with van der Waals surface area (Å²) in [5.74, 6) is -3.19. The van der Waals surface area contributed by atoms with E-state index in [1.807, 2.05) is 0 Å². The minimum atomic E-state index is -5.16. The number of thiazole rings is 1. The third-order valence-corrected chi connectivity index (χ3v) is 7.52. The standard InChI is InChI=1S/C23H17F3N6O6S2/c1-2-8-38-30-14(13-11-40-22(27-13)29-21(37)23(24,25)26)17(33)28-15-18(34)32-16(20(35)36)12(10-39-19(15)32)9-31-6-4-3-5-7-31/h1,3-7,11,15,19H,8-10H2,(H2-,27,28,29,33,35,36,37)/t15?,19-/m1/s1. The van der Waals surface area contributed by atoms with Crippen LogP contribution in [0.2, 0.25) is 0 Å². The first-order valence-electron chi connectivity index (χ1n) is 11.1. The first-order chi connectivity index (χ1) is 19.0. The van der Waals surface area contributed by atoms with Gasteiger partial charge in [0, 0.05) is 28.8 Å². The predicted molar refractivity (Wildman–Crippen MR) is 132 cm³/mol. The number of carbonyl (C=O) groups is 4. The molecule has 2 aliphatic rings. The highest BCUT2D eigenvalue weighted by molar-refractivity contribution is 8.00. The summed E-state index contributed by atoms with van der Waals surface area (Å²) >= 11 is 1.80. The van der Waals surface area contributed by atoms with Crippen molar-refractivity contribution in [1.82, 2.24) is 15.2 Å². The Balaban J connectivity index is 1.52. The molecule has 0 aromatic carbocycles. The number of pyridine rings is 1. The molecule has 1 fully saturated rings. The van der Waals surface area contributed by atoms with E-state index in [1.165, 1.54) is 11.8 Å². The van der Waals surface area contributed by atoms with Crippen molar-refractivity contribution in [3.05, 3.63) is 52.9 Å². The number of fused-ring (bicyclic) bond motifs is 1. The van der Waals surface area contributed by atoms with Gasteiger partial charge in [0.2, 0.25) is 0 Å². The highest BCUT2D eigenvalue weighted by Crippen LogP contribution is 2.40. The Morgan fingerprint density at radius 2 is 2.02 bits per heavy atom. The molecule has 4 heterocycles. The molecular weight excluding hydrogens is 577 g/mol. The van der Waals surface area contributed by atoms with Crippen molar-refractivity contribution < 1.29 is 46.9 Å². The van der Waals surface area contributed by atoms with Gasteiger partial charge in [-0.2, -0.15) is 13.2 Å². The molecule has 2 aliphatic heterocycles. The molecule has 2 atom stereocenters. The zero-order valence-corrected chi connectivity index (χ0v) is 21.6. The van der Waals surface area contributed by atoms with E-state index < -0.39 is 52.1 Å². The number of nitrogens with one attached hydrogen (secondary N) is 2. The number of carbonyl (C=O) groups excluding carboxylic acids is 4. The number of aromatic nitrogens is 2. The third kappa shape index (κ3) is 6.07.